The Bertz CT molecular complexity index is 784. The zero-order chi connectivity index (χ0) is 17.6. The summed E-state index contributed by atoms with van der Waals surface area (Å²) in [6, 6.07) is 8.48. The summed E-state index contributed by atoms with van der Waals surface area (Å²) in [6.45, 7) is 8.10. The Hall–Kier alpha value is -2.14. The molecule has 1 N–H and O–H groups in total. The number of ether oxygens (including phenoxy) is 1. The number of carbonyl (C=O) groups excluding carboxylic acids is 1. The van der Waals surface area contributed by atoms with Gasteiger partial charge in [0.1, 0.15) is 0 Å². The molecule has 1 atom stereocenters. The van der Waals surface area contributed by atoms with Crippen LogP contribution in [-0.2, 0) is 21.7 Å². The minimum atomic E-state index is -0.196. The van der Waals surface area contributed by atoms with Crippen molar-refractivity contribution in [1.82, 2.24) is 15.1 Å². The van der Waals surface area contributed by atoms with Crippen molar-refractivity contribution in [2.24, 2.45) is 0 Å². The molecule has 25 heavy (non-hydrogen) atoms. The molecule has 1 aromatic carbocycles. The molecule has 3 heterocycles. The van der Waals surface area contributed by atoms with Gasteiger partial charge in [-0.2, -0.15) is 5.10 Å². The third-order valence-electron chi connectivity index (χ3n) is 5.88. The van der Waals surface area contributed by atoms with Gasteiger partial charge in [-0.3, -0.25) is 9.89 Å². The summed E-state index contributed by atoms with van der Waals surface area (Å²) in [5, 5.41) is 7.22. The van der Waals surface area contributed by atoms with E-state index >= 15 is 0 Å². The minimum absolute atomic E-state index is 0.162. The van der Waals surface area contributed by atoms with Gasteiger partial charge in [-0.25, -0.2) is 0 Å². The number of aromatic nitrogens is 2. The van der Waals surface area contributed by atoms with Gasteiger partial charge in [-0.15, -0.1) is 0 Å². The molecule has 1 saturated heterocycles. The topological polar surface area (TPSA) is 58.2 Å². The normalized spacial score (nSPS) is 19.9. The predicted molar refractivity (Wildman–Crippen MR) is 95.2 cm³/mol. The number of H-pyrrole nitrogens is 1. The first-order valence-electron chi connectivity index (χ1n) is 9.04. The molecule has 4 rings (SSSR count). The number of piperidine rings is 1. The van der Waals surface area contributed by atoms with Crippen LogP contribution in [0.1, 0.15) is 53.8 Å². The van der Waals surface area contributed by atoms with E-state index in [4.69, 9.17) is 4.74 Å². The van der Waals surface area contributed by atoms with Crippen LogP contribution in [0, 0.1) is 13.8 Å². The van der Waals surface area contributed by atoms with E-state index in [1.807, 2.05) is 25.7 Å². The smallest absolute Gasteiger partial charge is 0.229 e. The average molecular weight is 339 g/mol. The zero-order valence-electron chi connectivity index (χ0n) is 15.1. The summed E-state index contributed by atoms with van der Waals surface area (Å²) in [7, 11) is 0. The lowest BCUT2D eigenvalue weighted by atomic mass is 9.83. The molecule has 0 bridgehead atoms. The summed E-state index contributed by atoms with van der Waals surface area (Å²) in [5.74, 6) is 0.0262. The number of amides is 1. The Morgan fingerprint density at radius 1 is 1.28 bits per heavy atom. The van der Waals surface area contributed by atoms with Crippen LogP contribution in [0.2, 0.25) is 0 Å². The van der Waals surface area contributed by atoms with Crippen molar-refractivity contribution in [2.75, 3.05) is 13.1 Å². The molecule has 5 heteroatoms. The Kier molecular flexibility index (Phi) is 3.91. The maximum atomic E-state index is 13.0. The lowest BCUT2D eigenvalue weighted by Crippen LogP contribution is -2.46. The number of rotatable bonds is 2. The van der Waals surface area contributed by atoms with E-state index in [2.05, 4.69) is 34.5 Å². The fraction of sp³-hybridized carbons (Fsp3) is 0.500. The molecule has 0 saturated carbocycles. The number of carbonyl (C=O) groups is 1. The number of aromatic amines is 1. The molecule has 5 nitrogen and oxygen atoms in total. The molecule has 132 valence electrons. The number of nitrogens with one attached hydrogen (secondary N) is 1. The van der Waals surface area contributed by atoms with Gasteiger partial charge >= 0.3 is 0 Å². The van der Waals surface area contributed by atoms with Crippen molar-refractivity contribution in [1.29, 1.82) is 0 Å². The van der Waals surface area contributed by atoms with E-state index in [-0.39, 0.29) is 17.4 Å². The molecule has 1 unspecified atom stereocenters. The first-order valence-corrected chi connectivity index (χ1v) is 9.04. The van der Waals surface area contributed by atoms with Crippen molar-refractivity contribution >= 4 is 5.91 Å². The molecule has 1 aromatic heterocycles. The summed E-state index contributed by atoms with van der Waals surface area (Å²) in [5.41, 5.74) is 5.35. The van der Waals surface area contributed by atoms with Crippen LogP contribution in [0.25, 0.3) is 0 Å². The highest BCUT2D eigenvalue weighted by atomic mass is 16.5. The van der Waals surface area contributed by atoms with Gasteiger partial charge in [0, 0.05) is 24.3 Å². The van der Waals surface area contributed by atoms with Crippen LogP contribution >= 0.6 is 0 Å². The Labute approximate surface area is 148 Å². The fourth-order valence-corrected chi connectivity index (χ4v) is 4.48. The van der Waals surface area contributed by atoms with Crippen LogP contribution in [0.3, 0.4) is 0 Å². The first kappa shape index (κ1) is 16.3. The van der Waals surface area contributed by atoms with Crippen molar-refractivity contribution in [3.8, 4) is 0 Å². The van der Waals surface area contributed by atoms with Crippen molar-refractivity contribution < 1.29 is 9.53 Å². The van der Waals surface area contributed by atoms with E-state index in [1.54, 1.807) is 0 Å². The van der Waals surface area contributed by atoms with Gasteiger partial charge in [0.25, 0.3) is 0 Å². The lowest BCUT2D eigenvalue weighted by Gasteiger charge is -2.40. The average Bonchev–Trinajstić information content (AvgIpc) is 3.16. The van der Waals surface area contributed by atoms with Crippen LogP contribution < -0.4 is 0 Å². The second-order valence-corrected chi connectivity index (χ2v) is 7.33. The molecular weight excluding hydrogens is 314 g/mol. The van der Waals surface area contributed by atoms with Crippen molar-refractivity contribution in [3.05, 3.63) is 52.3 Å². The van der Waals surface area contributed by atoms with Crippen molar-refractivity contribution in [3.63, 3.8) is 0 Å². The van der Waals surface area contributed by atoms with Crippen molar-refractivity contribution in [2.45, 2.75) is 51.7 Å². The second-order valence-electron chi connectivity index (χ2n) is 7.33. The van der Waals surface area contributed by atoms with Gasteiger partial charge < -0.3 is 9.64 Å². The largest absolute Gasteiger partial charge is 0.365 e. The SMILES string of the molecule is Cc1n[nH]c(C)c1C(C)C(=O)N1CCC2(CC1)OCc1ccccc12. The Morgan fingerprint density at radius 3 is 2.68 bits per heavy atom. The number of benzene rings is 1. The molecule has 1 amide bonds. The third-order valence-corrected chi connectivity index (χ3v) is 5.88. The molecular formula is C20H25N3O2. The molecule has 1 spiro atoms. The maximum Gasteiger partial charge on any atom is 0.229 e. The van der Waals surface area contributed by atoms with Gasteiger partial charge in [0.2, 0.25) is 5.91 Å². The van der Waals surface area contributed by atoms with E-state index in [0.29, 0.717) is 6.61 Å². The molecule has 2 aliphatic rings. The Morgan fingerprint density at radius 2 is 2.00 bits per heavy atom. The lowest BCUT2D eigenvalue weighted by molar-refractivity contribution is -0.139. The highest BCUT2D eigenvalue weighted by Gasteiger charge is 2.43. The summed E-state index contributed by atoms with van der Waals surface area (Å²) in [6.07, 6.45) is 1.73. The van der Waals surface area contributed by atoms with Gasteiger partial charge in [0.15, 0.2) is 0 Å². The van der Waals surface area contributed by atoms with Gasteiger partial charge in [0.05, 0.1) is 23.8 Å². The minimum Gasteiger partial charge on any atom is -0.365 e. The predicted octanol–water partition coefficient (Wildman–Crippen LogP) is 3.18. The molecule has 1 fully saturated rings. The number of fused-ring (bicyclic) bond motifs is 2. The summed E-state index contributed by atoms with van der Waals surface area (Å²) < 4.78 is 6.20. The first-order chi connectivity index (χ1) is 12.0. The van der Waals surface area contributed by atoms with Crippen LogP contribution in [0.15, 0.2) is 24.3 Å². The van der Waals surface area contributed by atoms with Crippen LogP contribution in [-0.4, -0.2) is 34.1 Å². The monoisotopic (exact) mass is 339 g/mol. The maximum absolute atomic E-state index is 13.0. The summed E-state index contributed by atoms with van der Waals surface area (Å²) >= 11 is 0. The standard InChI is InChI=1S/C20H25N3O2/c1-13(18-14(2)21-22-15(18)3)19(24)23-10-8-20(9-11-23)17-7-5-4-6-16(17)12-25-20/h4-7,13H,8-12H2,1-3H3,(H,21,22). The Balaban J connectivity index is 1.48. The van der Waals surface area contributed by atoms with Crippen LogP contribution in [0.4, 0.5) is 0 Å². The fourth-order valence-electron chi connectivity index (χ4n) is 4.48. The molecule has 2 aliphatic heterocycles. The van der Waals surface area contributed by atoms with Crippen LogP contribution in [0.5, 0.6) is 0 Å². The quantitative estimate of drug-likeness (QED) is 0.914. The highest BCUT2D eigenvalue weighted by Crippen LogP contribution is 2.44. The van der Waals surface area contributed by atoms with E-state index in [9.17, 15) is 4.79 Å². The number of nitrogens with zero attached hydrogens (tertiary/aromatic N) is 2. The molecule has 2 aromatic rings. The number of likely N-dealkylation sites (tertiary alicyclic amines) is 1. The van der Waals surface area contributed by atoms with Gasteiger partial charge in [-0.05, 0) is 44.7 Å². The molecule has 0 aliphatic carbocycles. The number of aryl methyl sites for hydroxylation is 2. The second kappa shape index (κ2) is 5.99. The summed E-state index contributed by atoms with van der Waals surface area (Å²) in [4.78, 5) is 15.0. The van der Waals surface area contributed by atoms with E-state index in [0.717, 1.165) is 42.9 Å². The zero-order valence-corrected chi connectivity index (χ0v) is 15.1. The number of hydrogen-bond acceptors (Lipinski definition) is 3. The number of hydrogen-bond donors (Lipinski definition) is 1. The van der Waals surface area contributed by atoms with E-state index in [1.165, 1.54) is 11.1 Å². The van der Waals surface area contributed by atoms with E-state index < -0.39 is 0 Å². The van der Waals surface area contributed by atoms with Gasteiger partial charge in [-0.1, -0.05) is 24.3 Å². The molecule has 0 radical (unpaired) electrons. The highest BCUT2D eigenvalue weighted by molar-refractivity contribution is 5.84. The third kappa shape index (κ3) is 2.58.